The van der Waals surface area contributed by atoms with E-state index in [2.05, 4.69) is 0 Å². The molecule has 0 aliphatic carbocycles. The molecular formula is C17H23BO7S. The van der Waals surface area contributed by atoms with E-state index in [1.807, 2.05) is 0 Å². The fraction of sp³-hybridized carbons (Fsp3) is 0.529. The number of fused-ring (bicyclic) bond motifs is 1. The second-order valence-corrected chi connectivity index (χ2v) is 8.72. The molecule has 1 aliphatic heterocycles. The van der Waals surface area contributed by atoms with E-state index >= 15 is 0 Å². The van der Waals surface area contributed by atoms with Crippen molar-refractivity contribution in [2.45, 2.75) is 38.4 Å². The number of ether oxygens (including phenoxy) is 1. The van der Waals surface area contributed by atoms with Crippen LogP contribution in [0.4, 0.5) is 0 Å². The Hall–Kier alpha value is -1.87. The van der Waals surface area contributed by atoms with E-state index < -0.39 is 28.7 Å². The smallest absolute Gasteiger partial charge is 0.526 e. The number of para-hydroxylation sites is 1. The molecular weight excluding hydrogens is 359 g/mol. The van der Waals surface area contributed by atoms with Crippen LogP contribution in [0.2, 0.25) is 5.82 Å². The Balaban J connectivity index is 2.02. The molecule has 0 bridgehead atoms. The highest BCUT2D eigenvalue weighted by Gasteiger charge is 2.37. The van der Waals surface area contributed by atoms with Crippen LogP contribution in [-0.4, -0.2) is 50.9 Å². The third-order valence-electron chi connectivity index (χ3n) is 4.18. The maximum absolute atomic E-state index is 12.1. The lowest BCUT2D eigenvalue weighted by atomic mass is 9.64. The molecule has 1 atom stereocenters. The highest BCUT2D eigenvalue weighted by molar-refractivity contribution is 7.90. The van der Waals surface area contributed by atoms with Crippen LogP contribution >= 0.6 is 0 Å². The largest absolute Gasteiger partial charge is 0.535 e. The molecule has 0 unspecified atom stereocenters. The minimum absolute atomic E-state index is 0.0335. The first-order chi connectivity index (χ1) is 12.2. The maximum Gasteiger partial charge on any atom is 0.526 e. The van der Waals surface area contributed by atoms with Crippen LogP contribution in [0, 0.1) is 0 Å². The summed E-state index contributed by atoms with van der Waals surface area (Å²) in [5.74, 6) is -0.822. The van der Waals surface area contributed by atoms with Gasteiger partial charge in [-0.05, 0) is 31.4 Å². The van der Waals surface area contributed by atoms with E-state index in [4.69, 9.17) is 9.39 Å². The monoisotopic (exact) mass is 382 g/mol. The zero-order chi connectivity index (χ0) is 19.3. The van der Waals surface area contributed by atoms with Crippen molar-refractivity contribution >= 4 is 28.7 Å². The summed E-state index contributed by atoms with van der Waals surface area (Å²) in [4.78, 5) is 24.1. The van der Waals surface area contributed by atoms with Crippen molar-refractivity contribution in [3.8, 4) is 5.75 Å². The summed E-state index contributed by atoms with van der Waals surface area (Å²) < 4.78 is 32.7. The van der Waals surface area contributed by atoms with Crippen LogP contribution in [0.5, 0.6) is 5.75 Å². The minimum Gasteiger partial charge on any atom is -0.535 e. The molecule has 0 saturated heterocycles. The van der Waals surface area contributed by atoms with Crippen LogP contribution in [0.15, 0.2) is 18.2 Å². The topological polar surface area (TPSA) is 107 Å². The first kappa shape index (κ1) is 20.4. The second-order valence-electron chi connectivity index (χ2n) is 6.46. The zero-order valence-corrected chi connectivity index (χ0v) is 15.8. The van der Waals surface area contributed by atoms with Gasteiger partial charge >= 0.3 is 13.1 Å². The number of hydrogen-bond donors (Lipinski definition) is 1. The number of rotatable bonds is 8. The van der Waals surface area contributed by atoms with Gasteiger partial charge in [0.1, 0.15) is 26.9 Å². The van der Waals surface area contributed by atoms with Gasteiger partial charge in [0.05, 0.1) is 12.4 Å². The third-order valence-corrected chi connectivity index (χ3v) is 5.21. The molecule has 0 spiro atoms. The van der Waals surface area contributed by atoms with Crippen LogP contribution in [0.25, 0.3) is 0 Å². The van der Waals surface area contributed by atoms with Crippen molar-refractivity contribution in [1.29, 1.82) is 0 Å². The molecule has 0 radical (unpaired) electrons. The summed E-state index contributed by atoms with van der Waals surface area (Å²) in [5.41, 5.74) is 0.983. The average Bonchev–Trinajstić information content (AvgIpc) is 2.54. The molecule has 1 heterocycles. The van der Waals surface area contributed by atoms with Crippen molar-refractivity contribution < 1.29 is 32.4 Å². The number of sulfone groups is 1. The van der Waals surface area contributed by atoms with Gasteiger partial charge in [-0.2, -0.15) is 0 Å². The summed E-state index contributed by atoms with van der Waals surface area (Å²) >= 11 is 0. The Morgan fingerprint density at radius 1 is 1.38 bits per heavy atom. The second kappa shape index (κ2) is 8.68. The summed E-state index contributed by atoms with van der Waals surface area (Å²) in [6.07, 6.45) is 2.03. The maximum atomic E-state index is 12.1. The standard InChI is InChI=1S/C17H23BO7S/c1-3-24-17(20)15-8-4-6-12-10-13(18(21)25-16(12)15)11-14(19)7-5-9-26(2,22)23/h4,6,8,13,21H,3,5,7,9-11H2,1-2H3/t13-/m1/s1. The Kier molecular flexibility index (Phi) is 6.83. The molecule has 0 fully saturated rings. The molecule has 1 aromatic carbocycles. The molecule has 26 heavy (non-hydrogen) atoms. The highest BCUT2D eigenvalue weighted by Crippen LogP contribution is 2.36. The molecule has 2 rings (SSSR count). The summed E-state index contributed by atoms with van der Waals surface area (Å²) in [7, 11) is -4.30. The number of esters is 1. The number of hydrogen-bond acceptors (Lipinski definition) is 7. The summed E-state index contributed by atoms with van der Waals surface area (Å²) in [5, 5.41) is 10.2. The van der Waals surface area contributed by atoms with E-state index in [-0.39, 0.29) is 43.0 Å². The van der Waals surface area contributed by atoms with Crippen molar-refractivity contribution in [2.75, 3.05) is 18.6 Å². The Bertz CT molecular complexity index is 775. The zero-order valence-electron chi connectivity index (χ0n) is 14.9. The SMILES string of the molecule is CCOC(=O)c1cccc2c1OB(O)[C@@H](CC(=O)CCCS(C)(=O)=O)C2. The van der Waals surface area contributed by atoms with Crippen LogP contribution in [0.3, 0.4) is 0 Å². The molecule has 1 N–H and O–H groups in total. The van der Waals surface area contributed by atoms with Crippen molar-refractivity contribution in [2.24, 2.45) is 0 Å². The first-order valence-corrected chi connectivity index (χ1v) is 10.6. The Morgan fingerprint density at radius 2 is 2.12 bits per heavy atom. The Morgan fingerprint density at radius 3 is 2.77 bits per heavy atom. The van der Waals surface area contributed by atoms with Gasteiger partial charge in [0, 0.05) is 24.9 Å². The van der Waals surface area contributed by atoms with Gasteiger partial charge in [-0.25, -0.2) is 13.2 Å². The first-order valence-electron chi connectivity index (χ1n) is 8.54. The fourth-order valence-electron chi connectivity index (χ4n) is 2.95. The molecule has 142 valence electrons. The lowest BCUT2D eigenvalue weighted by Gasteiger charge is -2.28. The molecule has 0 saturated carbocycles. The van der Waals surface area contributed by atoms with Crippen molar-refractivity contribution in [3.05, 3.63) is 29.3 Å². The van der Waals surface area contributed by atoms with E-state index in [0.717, 1.165) is 11.8 Å². The van der Waals surface area contributed by atoms with Gasteiger partial charge < -0.3 is 14.4 Å². The number of ketones is 1. The van der Waals surface area contributed by atoms with E-state index in [1.54, 1.807) is 25.1 Å². The van der Waals surface area contributed by atoms with Crippen LogP contribution in [-0.2, 0) is 25.8 Å². The van der Waals surface area contributed by atoms with Crippen LogP contribution in [0.1, 0.15) is 42.1 Å². The van der Waals surface area contributed by atoms with Crippen molar-refractivity contribution in [1.82, 2.24) is 0 Å². The molecule has 0 amide bonds. The van der Waals surface area contributed by atoms with E-state index in [0.29, 0.717) is 12.2 Å². The summed E-state index contributed by atoms with van der Waals surface area (Å²) in [6, 6.07) is 5.06. The lowest BCUT2D eigenvalue weighted by molar-refractivity contribution is -0.119. The number of benzene rings is 1. The van der Waals surface area contributed by atoms with Gasteiger partial charge in [-0.15, -0.1) is 0 Å². The van der Waals surface area contributed by atoms with Gasteiger partial charge in [-0.3, -0.25) is 4.79 Å². The van der Waals surface area contributed by atoms with E-state index in [1.165, 1.54) is 0 Å². The van der Waals surface area contributed by atoms with Gasteiger partial charge in [-0.1, -0.05) is 12.1 Å². The molecule has 7 nitrogen and oxygen atoms in total. The quantitative estimate of drug-likeness (QED) is 0.535. The summed E-state index contributed by atoms with van der Waals surface area (Å²) in [6.45, 7) is 1.93. The average molecular weight is 382 g/mol. The molecule has 9 heteroatoms. The van der Waals surface area contributed by atoms with Gasteiger partial charge in [0.15, 0.2) is 0 Å². The Labute approximate surface area is 153 Å². The number of carbonyl (C=O) groups is 2. The predicted octanol–water partition coefficient (Wildman–Crippen LogP) is 1.43. The van der Waals surface area contributed by atoms with Gasteiger partial charge in [0.2, 0.25) is 0 Å². The molecule has 1 aliphatic rings. The van der Waals surface area contributed by atoms with Crippen molar-refractivity contribution in [3.63, 3.8) is 0 Å². The van der Waals surface area contributed by atoms with E-state index in [9.17, 15) is 23.0 Å². The predicted molar refractivity (Wildman–Crippen MR) is 97.0 cm³/mol. The van der Waals surface area contributed by atoms with Crippen LogP contribution < -0.4 is 4.65 Å². The number of Topliss-reactive ketones (excluding diaryl/α,β-unsaturated/α-hetero) is 1. The minimum atomic E-state index is -3.09. The normalized spacial score (nSPS) is 16.6. The highest BCUT2D eigenvalue weighted by atomic mass is 32.2. The van der Waals surface area contributed by atoms with Gasteiger partial charge in [0.25, 0.3) is 0 Å². The molecule has 0 aromatic heterocycles. The fourth-order valence-corrected chi connectivity index (χ4v) is 3.62. The number of carbonyl (C=O) groups excluding carboxylic acids is 2. The third kappa shape index (κ3) is 5.57. The molecule has 1 aromatic rings. The lowest BCUT2D eigenvalue weighted by Crippen LogP contribution is -2.36.